The number of nitrogens with zero attached hydrogens (tertiary/aromatic N) is 2. The SMILES string of the molecule is C=CCOC(=O)CO/N=C1\CN(C(=O)OC(C)(C)C)Nc2ccccc21. The third-order valence-corrected chi connectivity index (χ3v) is 3.13. The molecule has 1 aromatic carbocycles. The smallest absolute Gasteiger partial charge is 0.429 e. The van der Waals surface area contributed by atoms with E-state index in [4.69, 9.17) is 14.3 Å². The molecule has 1 N–H and O–H groups in total. The molecule has 1 aromatic rings. The number of fused-ring (bicyclic) bond motifs is 1. The first-order valence-electron chi connectivity index (χ1n) is 8.12. The van der Waals surface area contributed by atoms with Crippen LogP contribution in [0.1, 0.15) is 26.3 Å². The predicted octanol–water partition coefficient (Wildman–Crippen LogP) is 2.71. The van der Waals surface area contributed by atoms with Crippen LogP contribution in [-0.4, -0.2) is 48.1 Å². The Hall–Kier alpha value is -3.03. The van der Waals surface area contributed by atoms with Crippen LogP contribution < -0.4 is 5.43 Å². The summed E-state index contributed by atoms with van der Waals surface area (Å²) in [7, 11) is 0. The molecule has 1 aliphatic rings. The Balaban J connectivity index is 2.11. The number of carbonyl (C=O) groups is 2. The average Bonchev–Trinajstić information content (AvgIpc) is 2.58. The predicted molar refractivity (Wildman–Crippen MR) is 96.6 cm³/mol. The molecule has 0 saturated carbocycles. The molecule has 8 heteroatoms. The summed E-state index contributed by atoms with van der Waals surface area (Å²) in [6, 6.07) is 7.32. The van der Waals surface area contributed by atoms with Crippen molar-refractivity contribution in [3.05, 3.63) is 42.5 Å². The van der Waals surface area contributed by atoms with Gasteiger partial charge in [0.1, 0.15) is 17.9 Å². The molecule has 0 bridgehead atoms. The van der Waals surface area contributed by atoms with Crippen LogP contribution in [-0.2, 0) is 19.1 Å². The van der Waals surface area contributed by atoms with Crippen molar-refractivity contribution >= 4 is 23.5 Å². The third kappa shape index (κ3) is 5.51. The number of carbonyl (C=O) groups excluding carboxylic acids is 2. The molecule has 0 fully saturated rings. The van der Waals surface area contributed by atoms with Crippen LogP contribution in [0.25, 0.3) is 0 Å². The van der Waals surface area contributed by atoms with E-state index in [-0.39, 0.29) is 19.8 Å². The Labute approximate surface area is 152 Å². The maximum Gasteiger partial charge on any atom is 0.429 e. The summed E-state index contributed by atoms with van der Waals surface area (Å²) in [5, 5.41) is 5.30. The highest BCUT2D eigenvalue weighted by Crippen LogP contribution is 2.23. The minimum atomic E-state index is -0.627. The number of hydrogen-bond acceptors (Lipinski definition) is 7. The molecule has 1 amide bonds. The first-order chi connectivity index (χ1) is 12.3. The van der Waals surface area contributed by atoms with Gasteiger partial charge in [-0.2, -0.15) is 0 Å². The number of benzene rings is 1. The number of nitrogens with one attached hydrogen (secondary N) is 1. The number of ether oxygens (including phenoxy) is 2. The molecule has 2 rings (SSSR count). The van der Waals surface area contributed by atoms with Crippen LogP contribution in [0.3, 0.4) is 0 Å². The Bertz CT molecular complexity index is 709. The first kappa shape index (κ1) is 19.3. The van der Waals surface area contributed by atoms with Crippen LogP contribution in [0, 0.1) is 0 Å². The van der Waals surface area contributed by atoms with Gasteiger partial charge in [0.15, 0.2) is 0 Å². The highest BCUT2D eigenvalue weighted by molar-refractivity contribution is 6.08. The maximum absolute atomic E-state index is 12.3. The van der Waals surface area contributed by atoms with Crippen LogP contribution in [0.15, 0.2) is 42.1 Å². The van der Waals surface area contributed by atoms with E-state index in [9.17, 15) is 9.59 Å². The number of para-hydroxylation sites is 1. The molecule has 140 valence electrons. The van der Waals surface area contributed by atoms with Crippen LogP contribution in [0.4, 0.5) is 10.5 Å². The molecule has 8 nitrogen and oxygen atoms in total. The number of esters is 1. The Morgan fingerprint density at radius 2 is 2.08 bits per heavy atom. The van der Waals surface area contributed by atoms with Gasteiger partial charge in [0.2, 0.25) is 6.61 Å². The summed E-state index contributed by atoms with van der Waals surface area (Å²) in [4.78, 5) is 28.9. The molecule has 26 heavy (non-hydrogen) atoms. The molecule has 0 radical (unpaired) electrons. The summed E-state index contributed by atoms with van der Waals surface area (Å²) in [5.41, 5.74) is 4.31. The lowest BCUT2D eigenvalue weighted by atomic mass is 10.1. The van der Waals surface area contributed by atoms with E-state index in [1.807, 2.05) is 18.2 Å². The number of hydrazine groups is 1. The van der Waals surface area contributed by atoms with E-state index in [0.717, 1.165) is 5.56 Å². The number of rotatable bonds is 5. The Kier molecular flexibility index (Phi) is 6.21. The Morgan fingerprint density at radius 3 is 2.77 bits per heavy atom. The fraction of sp³-hybridized carbons (Fsp3) is 0.389. The fourth-order valence-electron chi connectivity index (χ4n) is 2.11. The highest BCUT2D eigenvalue weighted by atomic mass is 16.7. The second-order valence-corrected chi connectivity index (χ2v) is 6.51. The fourth-order valence-corrected chi connectivity index (χ4v) is 2.11. The molecule has 0 spiro atoms. The first-order valence-corrected chi connectivity index (χ1v) is 8.12. The van der Waals surface area contributed by atoms with Gasteiger partial charge in [-0.3, -0.25) is 5.43 Å². The van der Waals surface area contributed by atoms with Gasteiger partial charge in [0.25, 0.3) is 0 Å². The van der Waals surface area contributed by atoms with Crippen molar-refractivity contribution in [2.75, 3.05) is 25.2 Å². The van der Waals surface area contributed by atoms with Gasteiger partial charge in [0, 0.05) is 5.56 Å². The van der Waals surface area contributed by atoms with Crippen LogP contribution in [0.2, 0.25) is 0 Å². The van der Waals surface area contributed by atoms with Gasteiger partial charge in [-0.05, 0) is 26.8 Å². The van der Waals surface area contributed by atoms with E-state index < -0.39 is 17.7 Å². The summed E-state index contributed by atoms with van der Waals surface area (Å²) in [5.74, 6) is -0.555. The lowest BCUT2D eigenvalue weighted by Gasteiger charge is -2.32. The van der Waals surface area contributed by atoms with Crippen molar-refractivity contribution in [1.82, 2.24) is 5.01 Å². The minimum absolute atomic E-state index is 0.109. The largest absolute Gasteiger partial charge is 0.459 e. The third-order valence-electron chi connectivity index (χ3n) is 3.13. The van der Waals surface area contributed by atoms with Crippen molar-refractivity contribution in [1.29, 1.82) is 0 Å². The zero-order chi connectivity index (χ0) is 19.2. The molecule has 0 unspecified atom stereocenters. The second-order valence-electron chi connectivity index (χ2n) is 6.51. The molecule has 1 heterocycles. The molecular weight excluding hydrogens is 338 g/mol. The highest BCUT2D eigenvalue weighted by Gasteiger charge is 2.29. The van der Waals surface area contributed by atoms with Gasteiger partial charge >= 0.3 is 12.1 Å². The summed E-state index contributed by atoms with van der Waals surface area (Å²) in [6.07, 6.45) is 0.927. The molecule has 0 aliphatic carbocycles. The zero-order valence-electron chi connectivity index (χ0n) is 15.2. The molecule has 0 aromatic heterocycles. The normalized spacial score (nSPS) is 14.9. The monoisotopic (exact) mass is 361 g/mol. The number of anilines is 1. The quantitative estimate of drug-likeness (QED) is 0.493. The number of hydrogen-bond donors (Lipinski definition) is 1. The van der Waals surface area contributed by atoms with Crippen molar-refractivity contribution in [2.45, 2.75) is 26.4 Å². The van der Waals surface area contributed by atoms with E-state index in [1.165, 1.54) is 11.1 Å². The van der Waals surface area contributed by atoms with Crippen LogP contribution >= 0.6 is 0 Å². The second kappa shape index (κ2) is 8.37. The molecule has 1 aliphatic heterocycles. The van der Waals surface area contributed by atoms with E-state index in [0.29, 0.717) is 11.4 Å². The zero-order valence-corrected chi connectivity index (χ0v) is 15.2. The lowest BCUT2D eigenvalue weighted by molar-refractivity contribution is -0.147. The number of oxime groups is 1. The van der Waals surface area contributed by atoms with E-state index in [1.54, 1.807) is 26.8 Å². The summed E-state index contributed by atoms with van der Waals surface area (Å²) >= 11 is 0. The van der Waals surface area contributed by atoms with E-state index >= 15 is 0 Å². The molecule has 0 saturated heterocycles. The van der Waals surface area contributed by atoms with Crippen molar-refractivity contribution in [3.8, 4) is 0 Å². The number of amides is 1. The Morgan fingerprint density at radius 1 is 1.35 bits per heavy atom. The van der Waals surface area contributed by atoms with E-state index in [2.05, 4.69) is 17.2 Å². The maximum atomic E-state index is 12.3. The van der Waals surface area contributed by atoms with Gasteiger partial charge in [-0.15, -0.1) is 0 Å². The summed E-state index contributed by atoms with van der Waals surface area (Å²) in [6.45, 7) is 8.72. The topological polar surface area (TPSA) is 89.5 Å². The standard InChI is InChI=1S/C18H23N3O5/c1-5-10-24-16(22)12-25-20-15-11-21(17(23)26-18(2,3)4)19-14-9-7-6-8-13(14)15/h5-9,19H,1,10-12H2,2-4H3/b20-15+. The van der Waals surface area contributed by atoms with Gasteiger partial charge < -0.3 is 14.3 Å². The van der Waals surface area contributed by atoms with Gasteiger partial charge in [0.05, 0.1) is 12.2 Å². The molecule has 0 atom stereocenters. The average molecular weight is 361 g/mol. The van der Waals surface area contributed by atoms with Crippen molar-refractivity contribution < 1.29 is 23.9 Å². The minimum Gasteiger partial charge on any atom is -0.459 e. The van der Waals surface area contributed by atoms with Crippen molar-refractivity contribution in [2.24, 2.45) is 5.16 Å². The lowest BCUT2D eigenvalue weighted by Crippen LogP contribution is -2.46. The van der Waals surface area contributed by atoms with Gasteiger partial charge in [-0.25, -0.2) is 14.6 Å². The van der Waals surface area contributed by atoms with Gasteiger partial charge in [-0.1, -0.05) is 36.0 Å². The summed E-state index contributed by atoms with van der Waals surface area (Å²) < 4.78 is 10.2. The van der Waals surface area contributed by atoms with Crippen LogP contribution in [0.5, 0.6) is 0 Å². The molecular formula is C18H23N3O5. The van der Waals surface area contributed by atoms with Crippen molar-refractivity contribution in [3.63, 3.8) is 0 Å².